The molecule has 6 nitrogen and oxygen atoms in total. The van der Waals surface area contributed by atoms with E-state index in [0.717, 1.165) is 12.8 Å². The molecule has 1 aromatic rings. The van der Waals surface area contributed by atoms with Gasteiger partial charge < -0.3 is 20.5 Å². The average molecular weight is 292 g/mol. The van der Waals surface area contributed by atoms with E-state index in [2.05, 4.69) is 10.6 Å². The predicted molar refractivity (Wildman–Crippen MR) is 77.5 cm³/mol. The second-order valence-electron chi connectivity index (χ2n) is 4.99. The summed E-state index contributed by atoms with van der Waals surface area (Å²) in [6.07, 6.45) is 2.04. The van der Waals surface area contributed by atoms with Crippen LogP contribution >= 0.6 is 0 Å². The molecule has 1 aliphatic carbocycles. The minimum Gasteiger partial charge on any atom is -0.492 e. The lowest BCUT2D eigenvalue weighted by Gasteiger charge is -2.08. The predicted octanol–water partition coefficient (Wildman–Crippen LogP) is 0.879. The normalized spacial score (nSPS) is 13.7. The molecule has 2 rings (SSSR count). The van der Waals surface area contributed by atoms with Gasteiger partial charge in [0.15, 0.2) is 0 Å². The van der Waals surface area contributed by atoms with Crippen molar-refractivity contribution in [1.82, 2.24) is 10.6 Å². The minimum absolute atomic E-state index is 0.159. The highest BCUT2D eigenvalue weighted by Crippen LogP contribution is 2.28. The Kier molecular flexibility index (Phi) is 5.57. The fraction of sp³-hybridized carbons (Fsp3) is 0.467. The summed E-state index contributed by atoms with van der Waals surface area (Å²) < 4.78 is 5.47. The quantitative estimate of drug-likeness (QED) is 0.588. The zero-order valence-electron chi connectivity index (χ0n) is 11.8. The number of aromatic carboxylic acids is 1. The summed E-state index contributed by atoms with van der Waals surface area (Å²) in [6.45, 7) is 2.49. The molecule has 0 aromatic heterocycles. The molecule has 0 spiro atoms. The SMILES string of the molecule is O=C(O)c1ccc(OCCNCCNC(=O)C2CC2)cc1. The number of benzene rings is 1. The Bertz CT molecular complexity index is 483. The van der Waals surface area contributed by atoms with Crippen molar-refractivity contribution in [2.24, 2.45) is 5.92 Å². The van der Waals surface area contributed by atoms with Crippen LogP contribution in [0.2, 0.25) is 0 Å². The highest BCUT2D eigenvalue weighted by Gasteiger charge is 2.28. The lowest BCUT2D eigenvalue weighted by molar-refractivity contribution is -0.122. The van der Waals surface area contributed by atoms with Crippen LogP contribution in [0.1, 0.15) is 23.2 Å². The first-order valence-corrected chi connectivity index (χ1v) is 7.11. The molecular formula is C15H20N2O4. The monoisotopic (exact) mass is 292 g/mol. The molecule has 0 aliphatic heterocycles. The maximum Gasteiger partial charge on any atom is 0.335 e. The van der Waals surface area contributed by atoms with E-state index in [4.69, 9.17) is 9.84 Å². The van der Waals surface area contributed by atoms with Crippen molar-refractivity contribution in [3.63, 3.8) is 0 Å². The van der Waals surface area contributed by atoms with Gasteiger partial charge in [0.2, 0.25) is 5.91 Å². The Balaban J connectivity index is 1.51. The molecule has 0 saturated heterocycles. The molecule has 0 unspecified atom stereocenters. The smallest absolute Gasteiger partial charge is 0.335 e. The molecule has 6 heteroatoms. The molecule has 1 amide bonds. The van der Waals surface area contributed by atoms with Gasteiger partial charge in [0.1, 0.15) is 12.4 Å². The molecule has 0 bridgehead atoms. The second-order valence-corrected chi connectivity index (χ2v) is 4.99. The van der Waals surface area contributed by atoms with E-state index >= 15 is 0 Å². The molecule has 0 atom stereocenters. The number of nitrogens with one attached hydrogen (secondary N) is 2. The molecule has 0 heterocycles. The third-order valence-electron chi connectivity index (χ3n) is 3.20. The highest BCUT2D eigenvalue weighted by atomic mass is 16.5. The molecular weight excluding hydrogens is 272 g/mol. The lowest BCUT2D eigenvalue weighted by atomic mass is 10.2. The third-order valence-corrected chi connectivity index (χ3v) is 3.20. The summed E-state index contributed by atoms with van der Waals surface area (Å²) in [7, 11) is 0. The van der Waals surface area contributed by atoms with Gasteiger partial charge in [-0.25, -0.2) is 4.79 Å². The van der Waals surface area contributed by atoms with Crippen LogP contribution in [-0.2, 0) is 4.79 Å². The molecule has 1 aliphatic rings. The lowest BCUT2D eigenvalue weighted by Crippen LogP contribution is -2.34. The Labute approximate surface area is 123 Å². The number of carbonyl (C=O) groups excluding carboxylic acids is 1. The average Bonchev–Trinajstić information content (AvgIpc) is 3.31. The topological polar surface area (TPSA) is 87.7 Å². The summed E-state index contributed by atoms with van der Waals surface area (Å²) in [5.41, 5.74) is 0.242. The minimum atomic E-state index is -0.948. The summed E-state index contributed by atoms with van der Waals surface area (Å²) in [6, 6.07) is 6.30. The summed E-state index contributed by atoms with van der Waals surface area (Å²) in [5.74, 6) is 0.106. The number of carboxylic acids is 1. The maximum absolute atomic E-state index is 11.3. The molecule has 114 valence electrons. The van der Waals surface area contributed by atoms with Crippen molar-refractivity contribution in [2.45, 2.75) is 12.8 Å². The molecule has 3 N–H and O–H groups in total. The van der Waals surface area contributed by atoms with E-state index in [1.54, 1.807) is 12.1 Å². The van der Waals surface area contributed by atoms with E-state index in [9.17, 15) is 9.59 Å². The number of amides is 1. The molecule has 0 radical (unpaired) electrons. The van der Waals surface area contributed by atoms with Crippen LogP contribution in [0.3, 0.4) is 0 Å². The van der Waals surface area contributed by atoms with E-state index in [-0.39, 0.29) is 17.4 Å². The van der Waals surface area contributed by atoms with Crippen molar-refractivity contribution in [3.8, 4) is 5.75 Å². The first-order chi connectivity index (χ1) is 10.2. The fourth-order valence-electron chi connectivity index (χ4n) is 1.82. The van der Waals surface area contributed by atoms with Gasteiger partial charge in [-0.2, -0.15) is 0 Å². The van der Waals surface area contributed by atoms with Crippen LogP contribution in [0.25, 0.3) is 0 Å². The van der Waals surface area contributed by atoms with Crippen molar-refractivity contribution >= 4 is 11.9 Å². The number of hydrogen-bond acceptors (Lipinski definition) is 4. The number of carboxylic acid groups (broad SMARTS) is 1. The van der Waals surface area contributed by atoms with Gasteiger partial charge in [-0.05, 0) is 37.1 Å². The van der Waals surface area contributed by atoms with Gasteiger partial charge in [-0.15, -0.1) is 0 Å². The number of ether oxygens (including phenoxy) is 1. The van der Waals surface area contributed by atoms with E-state index < -0.39 is 5.97 Å². The third kappa shape index (κ3) is 5.43. The second kappa shape index (κ2) is 7.64. The van der Waals surface area contributed by atoms with Gasteiger partial charge in [0.25, 0.3) is 0 Å². The zero-order valence-corrected chi connectivity index (χ0v) is 11.8. The number of rotatable bonds is 9. The summed E-state index contributed by atoms with van der Waals surface area (Å²) in [4.78, 5) is 22.0. The van der Waals surface area contributed by atoms with Gasteiger partial charge in [-0.1, -0.05) is 0 Å². The van der Waals surface area contributed by atoms with Gasteiger partial charge in [-0.3, -0.25) is 4.79 Å². The van der Waals surface area contributed by atoms with Gasteiger partial charge >= 0.3 is 5.97 Å². The number of carbonyl (C=O) groups is 2. The van der Waals surface area contributed by atoms with E-state index in [1.807, 2.05) is 0 Å². The van der Waals surface area contributed by atoms with Crippen LogP contribution < -0.4 is 15.4 Å². The summed E-state index contributed by atoms with van der Waals surface area (Å²) in [5, 5.41) is 14.8. The van der Waals surface area contributed by atoms with Crippen LogP contribution in [0.5, 0.6) is 5.75 Å². The summed E-state index contributed by atoms with van der Waals surface area (Å²) >= 11 is 0. The largest absolute Gasteiger partial charge is 0.492 e. The molecule has 1 saturated carbocycles. The van der Waals surface area contributed by atoms with Gasteiger partial charge in [0.05, 0.1) is 5.56 Å². The highest BCUT2D eigenvalue weighted by molar-refractivity contribution is 5.87. The Morgan fingerprint density at radius 3 is 2.48 bits per heavy atom. The van der Waals surface area contributed by atoms with Crippen LogP contribution in [0.4, 0.5) is 0 Å². The Hall–Kier alpha value is -2.08. The standard InChI is InChI=1S/C15H20N2O4/c18-14(11-1-2-11)17-8-7-16-9-10-21-13-5-3-12(4-6-13)15(19)20/h3-6,11,16H,1-2,7-10H2,(H,17,18)(H,19,20). The van der Waals surface area contributed by atoms with Crippen molar-refractivity contribution in [2.75, 3.05) is 26.2 Å². The number of hydrogen-bond donors (Lipinski definition) is 3. The first kappa shape index (κ1) is 15.3. The Morgan fingerprint density at radius 1 is 1.14 bits per heavy atom. The van der Waals surface area contributed by atoms with E-state index in [1.165, 1.54) is 12.1 Å². The fourth-order valence-corrected chi connectivity index (χ4v) is 1.82. The van der Waals surface area contributed by atoms with Crippen molar-refractivity contribution < 1.29 is 19.4 Å². The van der Waals surface area contributed by atoms with Crippen LogP contribution in [0, 0.1) is 5.92 Å². The Morgan fingerprint density at radius 2 is 1.86 bits per heavy atom. The molecule has 1 fully saturated rings. The first-order valence-electron chi connectivity index (χ1n) is 7.11. The van der Waals surface area contributed by atoms with Gasteiger partial charge in [0, 0.05) is 25.6 Å². The van der Waals surface area contributed by atoms with Crippen LogP contribution in [0.15, 0.2) is 24.3 Å². The maximum atomic E-state index is 11.3. The zero-order chi connectivity index (χ0) is 15.1. The van der Waals surface area contributed by atoms with Crippen LogP contribution in [-0.4, -0.2) is 43.2 Å². The van der Waals surface area contributed by atoms with Crippen molar-refractivity contribution in [1.29, 1.82) is 0 Å². The molecule has 1 aromatic carbocycles. The molecule has 21 heavy (non-hydrogen) atoms. The van der Waals surface area contributed by atoms with Crippen molar-refractivity contribution in [3.05, 3.63) is 29.8 Å². The van der Waals surface area contributed by atoms with E-state index in [0.29, 0.717) is 32.0 Å².